The molecule has 2 saturated heterocycles. The minimum absolute atomic E-state index is 0.721. The summed E-state index contributed by atoms with van der Waals surface area (Å²) < 4.78 is 0. The third kappa shape index (κ3) is 2.70. The topological polar surface area (TPSA) is 15.3 Å². The van der Waals surface area contributed by atoms with Crippen molar-refractivity contribution in [1.82, 2.24) is 10.2 Å². The molecule has 19 heavy (non-hydrogen) atoms. The average Bonchev–Trinajstić information content (AvgIpc) is 2.67. The van der Waals surface area contributed by atoms with E-state index in [1.807, 2.05) is 0 Å². The van der Waals surface area contributed by atoms with Gasteiger partial charge in [-0.15, -0.1) is 0 Å². The van der Waals surface area contributed by atoms with Gasteiger partial charge in [0.25, 0.3) is 0 Å². The Morgan fingerprint density at radius 1 is 1.11 bits per heavy atom. The molecule has 0 spiro atoms. The second-order valence-corrected chi connectivity index (χ2v) is 6.22. The Bertz CT molecular complexity index is 415. The van der Waals surface area contributed by atoms with Crippen LogP contribution in [-0.4, -0.2) is 30.1 Å². The van der Waals surface area contributed by atoms with Crippen molar-refractivity contribution in [3.63, 3.8) is 0 Å². The summed E-state index contributed by atoms with van der Waals surface area (Å²) in [6.07, 6.45) is 6.62. The van der Waals surface area contributed by atoms with Crippen LogP contribution in [0.2, 0.25) is 0 Å². The van der Waals surface area contributed by atoms with Gasteiger partial charge in [0.05, 0.1) is 0 Å². The van der Waals surface area contributed by atoms with Gasteiger partial charge in [0, 0.05) is 24.7 Å². The summed E-state index contributed by atoms with van der Waals surface area (Å²) in [5.74, 6) is 0. The Hall–Kier alpha value is -0.860. The third-order valence-electron chi connectivity index (χ3n) is 5.18. The van der Waals surface area contributed by atoms with Crippen LogP contribution in [0.4, 0.5) is 0 Å². The summed E-state index contributed by atoms with van der Waals surface area (Å²) in [6, 6.07) is 11.2. The molecule has 2 unspecified atom stereocenters. The quantitative estimate of drug-likeness (QED) is 0.893. The Labute approximate surface area is 117 Å². The smallest absolute Gasteiger partial charge is 0.0210 e. The molecule has 2 aliphatic rings. The number of aryl methyl sites for hydroxylation is 1. The lowest BCUT2D eigenvalue weighted by Gasteiger charge is -2.36. The van der Waals surface area contributed by atoms with Crippen molar-refractivity contribution in [3.8, 4) is 0 Å². The second kappa shape index (κ2) is 5.64. The number of rotatable bonds is 4. The standard InChI is InChI=1S/C17H26N2/c1-3-13-6-4-5-7-14(13)12-18-15-10-16-8-9-17(11-15)19(16)2/h4-7,15-18H,3,8-12H2,1-2H3. The lowest BCUT2D eigenvalue weighted by molar-refractivity contribution is 0.148. The Morgan fingerprint density at radius 3 is 2.37 bits per heavy atom. The van der Waals surface area contributed by atoms with Gasteiger partial charge in [-0.3, -0.25) is 0 Å². The number of piperidine rings is 1. The van der Waals surface area contributed by atoms with Gasteiger partial charge in [-0.1, -0.05) is 31.2 Å². The summed E-state index contributed by atoms with van der Waals surface area (Å²) in [5, 5.41) is 3.81. The first-order valence-corrected chi connectivity index (χ1v) is 7.80. The number of nitrogens with one attached hydrogen (secondary N) is 1. The first-order valence-electron chi connectivity index (χ1n) is 7.80. The van der Waals surface area contributed by atoms with Gasteiger partial charge in [-0.25, -0.2) is 0 Å². The molecule has 3 rings (SSSR count). The number of hydrogen-bond acceptors (Lipinski definition) is 2. The predicted octanol–water partition coefficient (Wildman–Crippen LogP) is 2.96. The van der Waals surface area contributed by atoms with Crippen molar-refractivity contribution in [2.24, 2.45) is 0 Å². The van der Waals surface area contributed by atoms with Crippen molar-refractivity contribution in [2.75, 3.05) is 7.05 Å². The molecule has 0 aromatic heterocycles. The molecule has 1 aromatic carbocycles. The van der Waals surface area contributed by atoms with Crippen molar-refractivity contribution < 1.29 is 0 Å². The SMILES string of the molecule is CCc1ccccc1CNC1CC2CCC(C1)N2C. The Morgan fingerprint density at radius 2 is 1.74 bits per heavy atom. The number of hydrogen-bond donors (Lipinski definition) is 1. The zero-order valence-electron chi connectivity index (χ0n) is 12.2. The molecule has 2 heterocycles. The van der Waals surface area contributed by atoms with Gasteiger partial charge in [-0.05, 0) is 50.3 Å². The van der Waals surface area contributed by atoms with Crippen molar-refractivity contribution in [2.45, 2.75) is 63.7 Å². The molecule has 0 saturated carbocycles. The molecule has 1 N–H and O–H groups in total. The van der Waals surface area contributed by atoms with E-state index in [9.17, 15) is 0 Å². The fourth-order valence-corrected chi connectivity index (χ4v) is 3.91. The van der Waals surface area contributed by atoms with E-state index in [1.165, 1.54) is 36.8 Å². The van der Waals surface area contributed by atoms with E-state index in [2.05, 4.69) is 48.5 Å². The van der Waals surface area contributed by atoms with Crippen molar-refractivity contribution >= 4 is 0 Å². The van der Waals surface area contributed by atoms with Crippen LogP contribution < -0.4 is 5.32 Å². The van der Waals surface area contributed by atoms with Gasteiger partial charge in [-0.2, -0.15) is 0 Å². The van der Waals surface area contributed by atoms with Crippen molar-refractivity contribution in [3.05, 3.63) is 35.4 Å². The van der Waals surface area contributed by atoms with E-state index in [-0.39, 0.29) is 0 Å². The van der Waals surface area contributed by atoms with Crippen LogP contribution in [0.25, 0.3) is 0 Å². The molecule has 0 amide bonds. The van der Waals surface area contributed by atoms with E-state index in [0.717, 1.165) is 31.1 Å². The molecule has 1 aromatic rings. The highest BCUT2D eigenvalue weighted by Gasteiger charge is 2.37. The van der Waals surface area contributed by atoms with E-state index in [1.54, 1.807) is 0 Å². The first-order chi connectivity index (χ1) is 9.28. The molecule has 2 nitrogen and oxygen atoms in total. The molecule has 0 aliphatic carbocycles. The van der Waals surface area contributed by atoms with E-state index in [0.29, 0.717) is 0 Å². The largest absolute Gasteiger partial charge is 0.310 e. The monoisotopic (exact) mass is 258 g/mol. The van der Waals surface area contributed by atoms with Crippen LogP contribution in [0, 0.1) is 0 Å². The van der Waals surface area contributed by atoms with Crippen LogP contribution in [0.3, 0.4) is 0 Å². The summed E-state index contributed by atoms with van der Waals surface area (Å²) in [7, 11) is 2.31. The zero-order chi connectivity index (χ0) is 13.2. The minimum Gasteiger partial charge on any atom is -0.310 e. The van der Waals surface area contributed by atoms with Gasteiger partial charge in [0.1, 0.15) is 0 Å². The minimum atomic E-state index is 0.721. The maximum atomic E-state index is 3.81. The molecule has 2 fully saturated rings. The fraction of sp³-hybridized carbons (Fsp3) is 0.647. The number of benzene rings is 1. The number of nitrogens with zero attached hydrogens (tertiary/aromatic N) is 1. The van der Waals surface area contributed by atoms with E-state index in [4.69, 9.17) is 0 Å². The summed E-state index contributed by atoms with van der Waals surface area (Å²) in [5.41, 5.74) is 2.97. The van der Waals surface area contributed by atoms with Crippen LogP contribution in [0.15, 0.2) is 24.3 Å². The third-order valence-corrected chi connectivity index (χ3v) is 5.18. The molecule has 2 heteroatoms. The van der Waals surface area contributed by atoms with Gasteiger partial charge >= 0.3 is 0 Å². The highest BCUT2D eigenvalue weighted by atomic mass is 15.2. The van der Waals surface area contributed by atoms with Crippen LogP contribution in [0.5, 0.6) is 0 Å². The molecular weight excluding hydrogens is 232 g/mol. The van der Waals surface area contributed by atoms with E-state index >= 15 is 0 Å². The van der Waals surface area contributed by atoms with Crippen LogP contribution >= 0.6 is 0 Å². The fourth-order valence-electron chi connectivity index (χ4n) is 3.91. The van der Waals surface area contributed by atoms with Gasteiger partial charge in [0.2, 0.25) is 0 Å². The van der Waals surface area contributed by atoms with Crippen molar-refractivity contribution in [1.29, 1.82) is 0 Å². The van der Waals surface area contributed by atoms with Gasteiger partial charge in [0.15, 0.2) is 0 Å². The summed E-state index contributed by atoms with van der Waals surface area (Å²) in [4.78, 5) is 2.61. The lowest BCUT2D eigenvalue weighted by Crippen LogP contribution is -2.47. The highest BCUT2D eigenvalue weighted by molar-refractivity contribution is 5.26. The second-order valence-electron chi connectivity index (χ2n) is 6.22. The molecule has 104 valence electrons. The molecule has 0 radical (unpaired) electrons. The number of fused-ring (bicyclic) bond motifs is 2. The Kier molecular flexibility index (Phi) is 3.90. The maximum absolute atomic E-state index is 3.81. The predicted molar refractivity (Wildman–Crippen MR) is 80.3 cm³/mol. The lowest BCUT2D eigenvalue weighted by atomic mass is 9.97. The zero-order valence-corrected chi connectivity index (χ0v) is 12.2. The van der Waals surface area contributed by atoms with Crippen LogP contribution in [-0.2, 0) is 13.0 Å². The maximum Gasteiger partial charge on any atom is 0.0210 e. The van der Waals surface area contributed by atoms with Gasteiger partial charge < -0.3 is 10.2 Å². The molecule has 2 bridgehead atoms. The van der Waals surface area contributed by atoms with E-state index < -0.39 is 0 Å². The first kappa shape index (κ1) is 13.1. The molecule has 2 aliphatic heterocycles. The van der Waals surface area contributed by atoms with Crippen LogP contribution in [0.1, 0.15) is 43.7 Å². The summed E-state index contributed by atoms with van der Waals surface area (Å²) in [6.45, 7) is 3.28. The highest BCUT2D eigenvalue weighted by Crippen LogP contribution is 2.34. The summed E-state index contributed by atoms with van der Waals surface area (Å²) >= 11 is 0. The average molecular weight is 258 g/mol. The molecular formula is C17H26N2. The normalized spacial score (nSPS) is 30.7. The molecule has 2 atom stereocenters. The Balaban J connectivity index is 1.58.